The van der Waals surface area contributed by atoms with Crippen molar-refractivity contribution in [2.75, 3.05) is 13.1 Å². The average Bonchev–Trinajstić information content (AvgIpc) is 3.48. The molecular formula is C30H42F2N4O8. The third kappa shape index (κ3) is 10.9. The molecule has 4 amide bonds. The number of rotatable bonds is 13. The molecule has 1 heterocycles. The fourth-order valence-electron chi connectivity index (χ4n) is 4.25. The van der Waals surface area contributed by atoms with Gasteiger partial charge >= 0.3 is 23.9 Å². The van der Waals surface area contributed by atoms with Gasteiger partial charge in [-0.25, -0.2) is 4.79 Å². The number of likely N-dealkylation sites (tertiary alicyclic amines) is 1. The molecule has 1 aromatic carbocycles. The van der Waals surface area contributed by atoms with Gasteiger partial charge in [0.05, 0.1) is 6.42 Å². The molecule has 0 saturated carbocycles. The molecule has 1 saturated heterocycles. The Morgan fingerprint density at radius 2 is 1.48 bits per heavy atom. The van der Waals surface area contributed by atoms with E-state index in [-0.39, 0.29) is 19.7 Å². The minimum atomic E-state index is -4.53. The molecule has 1 aromatic rings. The zero-order valence-electron chi connectivity index (χ0n) is 25.9. The third-order valence-corrected chi connectivity index (χ3v) is 6.59. The van der Waals surface area contributed by atoms with Crippen LogP contribution in [0, 0.1) is 5.92 Å². The van der Waals surface area contributed by atoms with Gasteiger partial charge < -0.3 is 30.3 Å². The van der Waals surface area contributed by atoms with Crippen LogP contribution in [-0.2, 0) is 40.1 Å². The summed E-state index contributed by atoms with van der Waals surface area (Å²) in [5.74, 6) is -11.6. The second-order valence-electron chi connectivity index (χ2n) is 11.9. The van der Waals surface area contributed by atoms with E-state index in [1.807, 2.05) is 0 Å². The predicted octanol–water partition coefficient (Wildman–Crippen LogP) is 2.49. The van der Waals surface area contributed by atoms with Crippen LogP contribution < -0.4 is 16.0 Å². The summed E-state index contributed by atoms with van der Waals surface area (Å²) < 4.78 is 40.6. The Morgan fingerprint density at radius 3 is 2.02 bits per heavy atom. The Morgan fingerprint density at radius 1 is 0.886 bits per heavy atom. The van der Waals surface area contributed by atoms with Crippen molar-refractivity contribution < 1.29 is 47.0 Å². The van der Waals surface area contributed by atoms with E-state index >= 15 is 8.78 Å². The number of esters is 1. The number of Topliss-reactive ketones (excluding diaryl/α,β-unsaturated/α-hetero) is 1. The molecule has 2 rings (SSSR count). The standard InChI is InChI=1S/C30H42F2N4O8/c1-18(2)23(35-28(42)44-29(4,5)6)26(40)33-19(3)25(39)34-21(16-22(37)43-17-20-12-8-7-9-13-20)24(38)30(31,32)27(41)36-14-10-11-15-36/h7-9,12-13,18-19,21,23H,10-11,14-17H2,1-6H3,(H,33,40)(H,34,39)(H,35,42)/t19-,21-,23-/m0/s1. The second-order valence-corrected chi connectivity index (χ2v) is 11.9. The van der Waals surface area contributed by atoms with Crippen LogP contribution in [0.1, 0.15) is 66.4 Å². The first-order valence-corrected chi connectivity index (χ1v) is 14.4. The Labute approximate surface area is 255 Å². The Hall–Kier alpha value is -4.10. The topological polar surface area (TPSA) is 160 Å². The highest BCUT2D eigenvalue weighted by Gasteiger charge is 2.53. The molecule has 0 aromatic heterocycles. The van der Waals surface area contributed by atoms with Crippen molar-refractivity contribution in [2.24, 2.45) is 5.92 Å². The second kappa shape index (κ2) is 15.6. The van der Waals surface area contributed by atoms with Gasteiger partial charge in [0.25, 0.3) is 0 Å². The summed E-state index contributed by atoms with van der Waals surface area (Å²) in [5.41, 5.74) is -0.240. The number of hydrogen-bond donors (Lipinski definition) is 3. The van der Waals surface area contributed by atoms with E-state index in [9.17, 15) is 28.8 Å². The quantitative estimate of drug-likeness (QED) is 0.223. The van der Waals surface area contributed by atoms with Crippen molar-refractivity contribution in [3.05, 3.63) is 35.9 Å². The maximum Gasteiger partial charge on any atom is 0.408 e. The van der Waals surface area contributed by atoms with Crippen molar-refractivity contribution >= 4 is 35.6 Å². The molecule has 0 spiro atoms. The number of benzene rings is 1. The molecular weight excluding hydrogens is 582 g/mol. The number of carbonyl (C=O) groups is 6. The van der Waals surface area contributed by atoms with Gasteiger partial charge in [-0.1, -0.05) is 44.2 Å². The molecule has 244 valence electrons. The number of alkyl halides is 2. The lowest BCUT2D eigenvalue weighted by Crippen LogP contribution is -2.59. The fraction of sp³-hybridized carbons (Fsp3) is 0.600. The summed E-state index contributed by atoms with van der Waals surface area (Å²) >= 11 is 0. The summed E-state index contributed by atoms with van der Waals surface area (Å²) in [6.07, 6.45) is -0.859. The Balaban J connectivity index is 2.17. The number of ketones is 1. The lowest BCUT2D eigenvalue weighted by Gasteiger charge is -2.27. The van der Waals surface area contributed by atoms with E-state index in [0.29, 0.717) is 18.4 Å². The normalized spacial score (nSPS) is 15.5. The van der Waals surface area contributed by atoms with Crippen molar-refractivity contribution in [2.45, 2.75) is 97.1 Å². The van der Waals surface area contributed by atoms with E-state index < -0.39 is 77.6 Å². The number of nitrogens with one attached hydrogen (secondary N) is 3. The first-order valence-electron chi connectivity index (χ1n) is 14.4. The summed E-state index contributed by atoms with van der Waals surface area (Å²) in [6, 6.07) is 3.78. The van der Waals surface area contributed by atoms with E-state index in [1.54, 1.807) is 65.0 Å². The molecule has 12 nitrogen and oxygen atoms in total. The van der Waals surface area contributed by atoms with Crippen LogP contribution in [-0.4, -0.2) is 83.2 Å². The van der Waals surface area contributed by atoms with Gasteiger partial charge in [-0.3, -0.25) is 24.0 Å². The summed E-state index contributed by atoms with van der Waals surface area (Å²) in [6.45, 7) is 9.31. The molecule has 3 atom stereocenters. The molecule has 1 fully saturated rings. The molecule has 0 unspecified atom stereocenters. The van der Waals surface area contributed by atoms with Crippen molar-refractivity contribution in [3.8, 4) is 0 Å². The van der Waals surface area contributed by atoms with Crippen LogP contribution in [0.4, 0.5) is 13.6 Å². The smallest absolute Gasteiger partial charge is 0.408 e. The molecule has 0 radical (unpaired) electrons. The Kier molecular flexibility index (Phi) is 12.8. The number of amides is 4. The first kappa shape index (κ1) is 36.1. The van der Waals surface area contributed by atoms with Crippen LogP contribution in [0.2, 0.25) is 0 Å². The number of carbonyl (C=O) groups excluding carboxylic acids is 6. The van der Waals surface area contributed by atoms with E-state index in [4.69, 9.17) is 9.47 Å². The van der Waals surface area contributed by atoms with Gasteiger partial charge in [0.2, 0.25) is 17.6 Å². The minimum absolute atomic E-state index is 0.0509. The van der Waals surface area contributed by atoms with Gasteiger partial charge in [0.15, 0.2) is 0 Å². The van der Waals surface area contributed by atoms with Gasteiger partial charge in [-0.2, -0.15) is 8.78 Å². The van der Waals surface area contributed by atoms with Crippen molar-refractivity contribution in [1.29, 1.82) is 0 Å². The number of alkyl carbamates (subject to hydrolysis) is 1. The predicted molar refractivity (Wildman–Crippen MR) is 154 cm³/mol. The molecule has 1 aliphatic heterocycles. The van der Waals surface area contributed by atoms with Crippen LogP contribution in [0.25, 0.3) is 0 Å². The summed E-state index contributed by atoms with van der Waals surface area (Å²) in [7, 11) is 0. The highest BCUT2D eigenvalue weighted by atomic mass is 19.3. The van der Waals surface area contributed by atoms with Gasteiger partial charge in [0.1, 0.15) is 30.3 Å². The van der Waals surface area contributed by atoms with Gasteiger partial charge in [-0.05, 0) is 52.0 Å². The highest BCUT2D eigenvalue weighted by molar-refractivity contribution is 6.11. The number of hydrogen-bond acceptors (Lipinski definition) is 8. The van der Waals surface area contributed by atoms with Crippen LogP contribution in [0.15, 0.2) is 30.3 Å². The molecule has 0 bridgehead atoms. The van der Waals surface area contributed by atoms with E-state index in [2.05, 4.69) is 16.0 Å². The monoisotopic (exact) mass is 624 g/mol. The maximum atomic E-state index is 15.1. The summed E-state index contributed by atoms with van der Waals surface area (Å²) in [4.78, 5) is 77.2. The van der Waals surface area contributed by atoms with Crippen LogP contribution in [0.3, 0.4) is 0 Å². The number of ether oxygens (including phenoxy) is 2. The first-order chi connectivity index (χ1) is 20.4. The number of nitrogens with zero attached hydrogens (tertiary/aromatic N) is 1. The van der Waals surface area contributed by atoms with E-state index in [0.717, 1.165) is 4.90 Å². The Bertz CT molecular complexity index is 1200. The van der Waals surface area contributed by atoms with Crippen molar-refractivity contribution in [3.63, 3.8) is 0 Å². The minimum Gasteiger partial charge on any atom is -0.461 e. The maximum absolute atomic E-state index is 15.1. The largest absolute Gasteiger partial charge is 0.461 e. The lowest BCUT2D eigenvalue weighted by molar-refractivity contribution is -0.168. The molecule has 44 heavy (non-hydrogen) atoms. The molecule has 14 heteroatoms. The lowest BCUT2D eigenvalue weighted by atomic mass is 10.0. The molecule has 1 aliphatic rings. The van der Waals surface area contributed by atoms with Gasteiger partial charge in [-0.15, -0.1) is 0 Å². The van der Waals surface area contributed by atoms with E-state index in [1.165, 1.54) is 6.92 Å². The summed E-state index contributed by atoms with van der Waals surface area (Å²) in [5, 5.41) is 6.87. The number of halogens is 2. The van der Waals surface area contributed by atoms with Crippen molar-refractivity contribution in [1.82, 2.24) is 20.9 Å². The molecule has 3 N–H and O–H groups in total. The van der Waals surface area contributed by atoms with Gasteiger partial charge in [0, 0.05) is 13.1 Å². The average molecular weight is 625 g/mol. The SMILES string of the molecule is CC(C)[C@H](NC(=O)OC(C)(C)C)C(=O)N[C@@H](C)C(=O)N[C@@H](CC(=O)OCc1ccccc1)C(=O)C(F)(F)C(=O)N1CCCC1. The van der Waals surface area contributed by atoms with Crippen LogP contribution in [0.5, 0.6) is 0 Å². The zero-order valence-corrected chi connectivity index (χ0v) is 25.9. The fourth-order valence-corrected chi connectivity index (χ4v) is 4.25. The van der Waals surface area contributed by atoms with Crippen LogP contribution >= 0.6 is 0 Å². The zero-order chi connectivity index (χ0) is 33.2. The third-order valence-electron chi connectivity index (χ3n) is 6.59. The molecule has 0 aliphatic carbocycles. The highest BCUT2D eigenvalue weighted by Crippen LogP contribution is 2.24.